The van der Waals surface area contributed by atoms with E-state index in [1.807, 2.05) is 6.07 Å². The summed E-state index contributed by atoms with van der Waals surface area (Å²) in [6.07, 6.45) is 2.20. The molecule has 0 saturated carbocycles. The van der Waals surface area contributed by atoms with Crippen molar-refractivity contribution in [3.8, 4) is 6.07 Å². The fourth-order valence-corrected chi connectivity index (χ4v) is 2.46. The topological polar surface area (TPSA) is 39.1 Å². The fourth-order valence-electron chi connectivity index (χ4n) is 2.46. The van der Waals surface area contributed by atoms with E-state index in [9.17, 15) is 5.26 Å². The first-order valence-electron chi connectivity index (χ1n) is 8.11. The van der Waals surface area contributed by atoms with Crippen LogP contribution in [0.1, 0.15) is 51.7 Å². The van der Waals surface area contributed by atoms with Crippen molar-refractivity contribution >= 4 is 5.69 Å². The van der Waals surface area contributed by atoms with Gasteiger partial charge in [0.15, 0.2) is 0 Å². The SMILES string of the molecule is CCCN(CCC)c1ccc(CNCC(C)C)cc1C#N. The number of anilines is 1. The molecule has 0 bridgehead atoms. The third-order valence-corrected chi connectivity index (χ3v) is 3.39. The van der Waals surface area contributed by atoms with E-state index in [-0.39, 0.29) is 0 Å². The van der Waals surface area contributed by atoms with Crippen LogP contribution in [0.3, 0.4) is 0 Å². The molecule has 0 heterocycles. The molecule has 0 fully saturated rings. The molecule has 116 valence electrons. The number of nitriles is 1. The Balaban J connectivity index is 2.84. The molecule has 1 N–H and O–H groups in total. The summed E-state index contributed by atoms with van der Waals surface area (Å²) in [5.41, 5.74) is 3.05. The molecule has 3 heteroatoms. The summed E-state index contributed by atoms with van der Waals surface area (Å²) < 4.78 is 0. The van der Waals surface area contributed by atoms with Crippen LogP contribution in [0.15, 0.2) is 18.2 Å². The number of nitrogens with zero attached hydrogens (tertiary/aromatic N) is 2. The molecule has 0 aliphatic carbocycles. The van der Waals surface area contributed by atoms with Crippen molar-refractivity contribution in [3.63, 3.8) is 0 Å². The van der Waals surface area contributed by atoms with Crippen LogP contribution in [0.5, 0.6) is 0 Å². The van der Waals surface area contributed by atoms with E-state index in [1.54, 1.807) is 0 Å². The Kier molecular flexibility index (Phi) is 7.85. The van der Waals surface area contributed by atoms with Gasteiger partial charge in [0.05, 0.1) is 11.3 Å². The summed E-state index contributed by atoms with van der Waals surface area (Å²) in [6.45, 7) is 12.6. The molecule has 0 aromatic heterocycles. The van der Waals surface area contributed by atoms with Crippen LogP contribution < -0.4 is 10.2 Å². The van der Waals surface area contributed by atoms with Crippen molar-refractivity contribution in [3.05, 3.63) is 29.3 Å². The van der Waals surface area contributed by atoms with E-state index in [0.717, 1.165) is 50.3 Å². The maximum atomic E-state index is 9.44. The fraction of sp³-hybridized carbons (Fsp3) is 0.611. The Hall–Kier alpha value is -1.53. The van der Waals surface area contributed by atoms with Crippen molar-refractivity contribution in [2.24, 2.45) is 5.92 Å². The van der Waals surface area contributed by atoms with Crippen LogP contribution >= 0.6 is 0 Å². The molecule has 0 aliphatic heterocycles. The van der Waals surface area contributed by atoms with Crippen molar-refractivity contribution < 1.29 is 0 Å². The van der Waals surface area contributed by atoms with Gasteiger partial charge >= 0.3 is 0 Å². The molecule has 1 aromatic rings. The van der Waals surface area contributed by atoms with Gasteiger partial charge in [0.2, 0.25) is 0 Å². The number of benzene rings is 1. The minimum Gasteiger partial charge on any atom is -0.370 e. The maximum absolute atomic E-state index is 9.44. The lowest BCUT2D eigenvalue weighted by Gasteiger charge is -2.25. The zero-order valence-electron chi connectivity index (χ0n) is 13.9. The highest BCUT2D eigenvalue weighted by molar-refractivity contribution is 5.60. The standard InChI is InChI=1S/C18H29N3/c1-5-9-21(10-6-2)18-8-7-16(11-17(18)12-19)14-20-13-15(3)4/h7-8,11,15,20H,5-6,9-10,13-14H2,1-4H3. The van der Waals surface area contributed by atoms with Crippen LogP contribution in [0.25, 0.3) is 0 Å². The van der Waals surface area contributed by atoms with Crippen molar-refractivity contribution in [1.29, 1.82) is 5.26 Å². The molecule has 0 spiro atoms. The van der Waals surface area contributed by atoms with E-state index in [0.29, 0.717) is 5.92 Å². The van der Waals surface area contributed by atoms with Gasteiger partial charge in [-0.2, -0.15) is 5.26 Å². The largest absolute Gasteiger partial charge is 0.370 e. The normalized spacial score (nSPS) is 10.7. The predicted molar refractivity (Wildman–Crippen MR) is 90.5 cm³/mol. The quantitative estimate of drug-likeness (QED) is 0.748. The third kappa shape index (κ3) is 5.77. The van der Waals surface area contributed by atoms with E-state index in [1.165, 1.54) is 5.56 Å². The molecule has 0 atom stereocenters. The minimum absolute atomic E-state index is 0.643. The Morgan fingerprint density at radius 2 is 1.86 bits per heavy atom. The Labute approximate surface area is 130 Å². The molecule has 0 amide bonds. The monoisotopic (exact) mass is 287 g/mol. The summed E-state index contributed by atoms with van der Waals surface area (Å²) in [7, 11) is 0. The average molecular weight is 287 g/mol. The highest BCUT2D eigenvalue weighted by atomic mass is 15.1. The summed E-state index contributed by atoms with van der Waals surface area (Å²) in [5, 5.41) is 12.9. The van der Waals surface area contributed by atoms with Gasteiger partial charge in [0, 0.05) is 19.6 Å². The van der Waals surface area contributed by atoms with Crippen LogP contribution in [0.4, 0.5) is 5.69 Å². The van der Waals surface area contributed by atoms with Crippen LogP contribution in [0.2, 0.25) is 0 Å². The van der Waals surface area contributed by atoms with Gasteiger partial charge in [-0.25, -0.2) is 0 Å². The van der Waals surface area contributed by atoms with E-state index in [4.69, 9.17) is 0 Å². The lowest BCUT2D eigenvalue weighted by atomic mass is 10.1. The Morgan fingerprint density at radius 1 is 1.19 bits per heavy atom. The van der Waals surface area contributed by atoms with E-state index >= 15 is 0 Å². The predicted octanol–water partition coefficient (Wildman–Crippen LogP) is 3.93. The second-order valence-electron chi connectivity index (χ2n) is 5.98. The summed E-state index contributed by atoms with van der Waals surface area (Å²) in [4.78, 5) is 2.32. The first kappa shape index (κ1) is 17.5. The number of nitrogens with one attached hydrogen (secondary N) is 1. The molecule has 21 heavy (non-hydrogen) atoms. The molecule has 1 aromatic carbocycles. The molecule has 0 radical (unpaired) electrons. The third-order valence-electron chi connectivity index (χ3n) is 3.39. The number of hydrogen-bond acceptors (Lipinski definition) is 3. The second-order valence-corrected chi connectivity index (χ2v) is 5.98. The average Bonchev–Trinajstić information content (AvgIpc) is 2.46. The minimum atomic E-state index is 0.643. The van der Waals surface area contributed by atoms with Crippen LogP contribution in [-0.2, 0) is 6.54 Å². The smallest absolute Gasteiger partial charge is 0.101 e. The lowest BCUT2D eigenvalue weighted by Crippen LogP contribution is -2.26. The zero-order chi connectivity index (χ0) is 15.7. The van der Waals surface area contributed by atoms with Crippen molar-refractivity contribution in [1.82, 2.24) is 5.32 Å². The van der Waals surface area contributed by atoms with Gasteiger partial charge in [-0.05, 0) is 43.0 Å². The van der Waals surface area contributed by atoms with Gasteiger partial charge in [-0.1, -0.05) is 33.8 Å². The molecule has 0 saturated heterocycles. The number of rotatable bonds is 9. The molecular weight excluding hydrogens is 258 g/mol. The van der Waals surface area contributed by atoms with Crippen molar-refractivity contribution in [2.45, 2.75) is 47.1 Å². The highest BCUT2D eigenvalue weighted by Gasteiger charge is 2.10. The lowest BCUT2D eigenvalue weighted by molar-refractivity contribution is 0.552. The van der Waals surface area contributed by atoms with Gasteiger partial charge in [0.25, 0.3) is 0 Å². The summed E-state index contributed by atoms with van der Waals surface area (Å²) in [6, 6.07) is 8.64. The molecule has 1 rings (SSSR count). The van der Waals surface area contributed by atoms with Crippen LogP contribution in [-0.4, -0.2) is 19.6 Å². The maximum Gasteiger partial charge on any atom is 0.101 e. The van der Waals surface area contributed by atoms with E-state index in [2.05, 4.69) is 56.1 Å². The van der Waals surface area contributed by atoms with Gasteiger partial charge in [-0.3, -0.25) is 0 Å². The molecule has 0 aliphatic rings. The number of hydrogen-bond donors (Lipinski definition) is 1. The molecule has 0 unspecified atom stereocenters. The first-order chi connectivity index (χ1) is 10.1. The summed E-state index contributed by atoms with van der Waals surface area (Å²) >= 11 is 0. The van der Waals surface area contributed by atoms with Crippen LogP contribution in [0, 0.1) is 17.2 Å². The van der Waals surface area contributed by atoms with E-state index < -0.39 is 0 Å². The Morgan fingerprint density at radius 3 is 2.38 bits per heavy atom. The summed E-state index contributed by atoms with van der Waals surface area (Å²) in [5.74, 6) is 0.643. The Bertz CT molecular complexity index is 454. The van der Waals surface area contributed by atoms with Gasteiger partial charge < -0.3 is 10.2 Å². The van der Waals surface area contributed by atoms with Gasteiger partial charge in [0.1, 0.15) is 6.07 Å². The molecule has 3 nitrogen and oxygen atoms in total. The second kappa shape index (κ2) is 9.41. The first-order valence-corrected chi connectivity index (χ1v) is 8.11. The van der Waals surface area contributed by atoms with Crippen molar-refractivity contribution in [2.75, 3.05) is 24.5 Å². The highest BCUT2D eigenvalue weighted by Crippen LogP contribution is 2.22. The van der Waals surface area contributed by atoms with Gasteiger partial charge in [-0.15, -0.1) is 0 Å². The zero-order valence-corrected chi connectivity index (χ0v) is 13.9. The molecular formula is C18H29N3.